The number of aromatic nitrogens is 1. The van der Waals surface area contributed by atoms with Crippen LogP contribution in [-0.4, -0.2) is 24.2 Å². The fourth-order valence-corrected chi connectivity index (χ4v) is 7.18. The molecular formula is C23H27FN2O2S. The molecule has 4 bridgehead atoms. The average Bonchev–Trinajstić information content (AvgIpc) is 3.08. The van der Waals surface area contributed by atoms with Crippen LogP contribution in [0.15, 0.2) is 35.5 Å². The van der Waals surface area contributed by atoms with Gasteiger partial charge in [-0.15, -0.1) is 0 Å². The molecule has 1 aromatic heterocycles. The van der Waals surface area contributed by atoms with Crippen LogP contribution in [0.4, 0.5) is 4.39 Å². The fraction of sp³-hybridized carbons (Fsp3) is 0.565. The molecule has 0 spiro atoms. The molecule has 0 saturated heterocycles. The minimum atomic E-state index is -0.262. The highest BCUT2D eigenvalue weighted by atomic mass is 32.1. The highest BCUT2D eigenvalue weighted by molar-refractivity contribution is 7.12. The standard InChI is InChI=1S/C23H27FN2O2S/c1-28-6-5-26-14-20(18-3-2-4-19(24)10-18)29-22(26)25-21(27)23-11-15-7-16(12-23)9-17(8-15)13-23/h2-4,10,14-17H,5-9,11-13H2,1H3/b25-22-. The molecule has 4 saturated carbocycles. The summed E-state index contributed by atoms with van der Waals surface area (Å²) in [5.74, 6) is 1.95. The van der Waals surface area contributed by atoms with E-state index >= 15 is 0 Å². The van der Waals surface area contributed by atoms with Gasteiger partial charge in [-0.25, -0.2) is 4.39 Å². The normalized spacial score (nSPS) is 30.8. The second kappa shape index (κ2) is 7.47. The Balaban J connectivity index is 1.50. The number of halogens is 1. The van der Waals surface area contributed by atoms with E-state index in [1.807, 2.05) is 16.8 Å². The number of amides is 1. The third-order valence-corrected chi connectivity index (χ3v) is 8.12. The van der Waals surface area contributed by atoms with E-state index in [9.17, 15) is 9.18 Å². The van der Waals surface area contributed by atoms with E-state index in [4.69, 9.17) is 4.74 Å². The molecular weight excluding hydrogens is 387 g/mol. The largest absolute Gasteiger partial charge is 0.383 e. The molecule has 4 nitrogen and oxygen atoms in total. The summed E-state index contributed by atoms with van der Waals surface area (Å²) in [5.41, 5.74) is 0.571. The Kier molecular flexibility index (Phi) is 4.95. The maximum absolute atomic E-state index is 13.7. The number of hydrogen-bond donors (Lipinski definition) is 0. The molecule has 0 aliphatic heterocycles. The Labute approximate surface area is 174 Å². The summed E-state index contributed by atoms with van der Waals surface area (Å²) in [4.78, 5) is 19.7. The van der Waals surface area contributed by atoms with Gasteiger partial charge in [0.2, 0.25) is 0 Å². The molecule has 154 valence electrons. The Hall–Kier alpha value is -1.79. The van der Waals surface area contributed by atoms with E-state index in [0.29, 0.717) is 35.7 Å². The van der Waals surface area contributed by atoms with Crippen LogP contribution < -0.4 is 4.80 Å². The summed E-state index contributed by atoms with van der Waals surface area (Å²) >= 11 is 1.46. The Morgan fingerprint density at radius 3 is 2.55 bits per heavy atom. The van der Waals surface area contributed by atoms with Crippen molar-refractivity contribution in [2.24, 2.45) is 28.2 Å². The molecule has 0 N–H and O–H groups in total. The molecule has 29 heavy (non-hydrogen) atoms. The number of carbonyl (C=O) groups is 1. The van der Waals surface area contributed by atoms with Gasteiger partial charge in [0.25, 0.3) is 5.91 Å². The summed E-state index contributed by atoms with van der Waals surface area (Å²) in [6, 6.07) is 6.57. The van der Waals surface area contributed by atoms with Crippen molar-refractivity contribution in [3.8, 4) is 10.4 Å². The smallest absolute Gasteiger partial charge is 0.254 e. The number of methoxy groups -OCH3 is 1. The average molecular weight is 415 g/mol. The molecule has 1 amide bonds. The first-order valence-corrected chi connectivity index (χ1v) is 11.4. The van der Waals surface area contributed by atoms with Crippen molar-refractivity contribution in [3.63, 3.8) is 0 Å². The SMILES string of the molecule is COCCn1cc(-c2cccc(F)c2)s/c1=N\C(=O)C12CC3CC(CC(C3)C1)C2. The Morgan fingerprint density at radius 2 is 1.93 bits per heavy atom. The monoisotopic (exact) mass is 414 g/mol. The fourth-order valence-electron chi connectivity index (χ4n) is 6.17. The van der Waals surface area contributed by atoms with E-state index in [0.717, 1.165) is 29.7 Å². The van der Waals surface area contributed by atoms with Crippen LogP contribution in [0, 0.1) is 29.0 Å². The van der Waals surface area contributed by atoms with Crippen LogP contribution in [0.3, 0.4) is 0 Å². The van der Waals surface area contributed by atoms with Crippen LogP contribution in [-0.2, 0) is 16.1 Å². The summed E-state index contributed by atoms with van der Waals surface area (Å²) in [6.45, 7) is 1.16. The Bertz CT molecular complexity index is 957. The van der Waals surface area contributed by atoms with E-state index in [2.05, 4.69) is 4.99 Å². The first-order chi connectivity index (χ1) is 14.0. The first kappa shape index (κ1) is 19.2. The zero-order valence-electron chi connectivity index (χ0n) is 16.8. The number of hydrogen-bond acceptors (Lipinski definition) is 3. The Morgan fingerprint density at radius 1 is 1.24 bits per heavy atom. The topological polar surface area (TPSA) is 43.6 Å². The molecule has 0 radical (unpaired) electrons. The summed E-state index contributed by atoms with van der Waals surface area (Å²) in [7, 11) is 1.66. The van der Waals surface area contributed by atoms with E-state index in [1.54, 1.807) is 13.2 Å². The van der Waals surface area contributed by atoms with Crippen molar-refractivity contribution in [2.75, 3.05) is 13.7 Å². The zero-order valence-corrected chi connectivity index (χ0v) is 17.6. The lowest BCUT2D eigenvalue weighted by molar-refractivity contribution is -0.142. The molecule has 6 heteroatoms. The second-order valence-corrected chi connectivity index (χ2v) is 10.2. The molecule has 2 aromatic rings. The maximum Gasteiger partial charge on any atom is 0.254 e. The number of benzene rings is 1. The number of carbonyl (C=O) groups excluding carboxylic acids is 1. The van der Waals surface area contributed by atoms with Gasteiger partial charge in [0.05, 0.1) is 16.9 Å². The van der Waals surface area contributed by atoms with Gasteiger partial charge in [0.1, 0.15) is 5.82 Å². The van der Waals surface area contributed by atoms with Crippen molar-refractivity contribution >= 4 is 17.2 Å². The number of nitrogens with zero attached hydrogens (tertiary/aromatic N) is 2. The van der Waals surface area contributed by atoms with E-state index < -0.39 is 0 Å². The minimum absolute atomic E-state index is 0.0652. The van der Waals surface area contributed by atoms with Crippen LogP contribution in [0.1, 0.15) is 38.5 Å². The molecule has 1 heterocycles. The molecule has 0 atom stereocenters. The van der Waals surface area contributed by atoms with Crippen LogP contribution in [0.5, 0.6) is 0 Å². The third kappa shape index (κ3) is 3.61. The number of thiazole rings is 1. The third-order valence-electron chi connectivity index (χ3n) is 7.05. The van der Waals surface area contributed by atoms with Gasteiger partial charge in [0.15, 0.2) is 4.80 Å². The van der Waals surface area contributed by atoms with Crippen molar-refractivity contribution in [1.82, 2.24) is 4.57 Å². The lowest BCUT2D eigenvalue weighted by atomic mass is 9.49. The number of ether oxygens (including phenoxy) is 1. The molecule has 4 fully saturated rings. The molecule has 0 unspecified atom stereocenters. The van der Waals surface area contributed by atoms with Gasteiger partial charge in [-0.3, -0.25) is 4.79 Å². The van der Waals surface area contributed by atoms with Crippen LogP contribution in [0.2, 0.25) is 0 Å². The summed E-state index contributed by atoms with van der Waals surface area (Å²) < 4.78 is 20.9. The van der Waals surface area contributed by atoms with Gasteiger partial charge < -0.3 is 9.30 Å². The molecule has 4 aliphatic rings. The molecule has 1 aromatic carbocycles. The van der Waals surface area contributed by atoms with Crippen molar-refractivity contribution < 1.29 is 13.9 Å². The van der Waals surface area contributed by atoms with Crippen molar-refractivity contribution in [3.05, 3.63) is 41.1 Å². The van der Waals surface area contributed by atoms with E-state index in [1.165, 1.54) is 42.7 Å². The van der Waals surface area contributed by atoms with Crippen LogP contribution in [0.25, 0.3) is 10.4 Å². The summed E-state index contributed by atoms with van der Waals surface area (Å²) in [5, 5.41) is 0. The maximum atomic E-state index is 13.7. The lowest BCUT2D eigenvalue weighted by Gasteiger charge is -2.55. The van der Waals surface area contributed by atoms with E-state index in [-0.39, 0.29) is 17.1 Å². The van der Waals surface area contributed by atoms with Crippen molar-refractivity contribution in [2.45, 2.75) is 45.1 Å². The zero-order chi connectivity index (χ0) is 20.0. The van der Waals surface area contributed by atoms with Gasteiger partial charge in [-0.05, 0) is 74.0 Å². The predicted octanol–water partition coefficient (Wildman–Crippen LogP) is 4.65. The minimum Gasteiger partial charge on any atom is -0.383 e. The van der Waals surface area contributed by atoms with Gasteiger partial charge >= 0.3 is 0 Å². The highest BCUT2D eigenvalue weighted by Crippen LogP contribution is 2.60. The molecule has 6 rings (SSSR count). The van der Waals surface area contributed by atoms with Crippen LogP contribution >= 0.6 is 11.3 Å². The van der Waals surface area contributed by atoms with Gasteiger partial charge in [-0.2, -0.15) is 4.99 Å². The van der Waals surface area contributed by atoms with Gasteiger partial charge in [0, 0.05) is 19.9 Å². The predicted molar refractivity (Wildman–Crippen MR) is 111 cm³/mol. The first-order valence-electron chi connectivity index (χ1n) is 10.6. The highest BCUT2D eigenvalue weighted by Gasteiger charge is 2.54. The summed E-state index contributed by atoms with van der Waals surface area (Å²) in [6.07, 6.45) is 8.93. The van der Waals surface area contributed by atoms with Crippen molar-refractivity contribution in [1.29, 1.82) is 0 Å². The molecule has 4 aliphatic carbocycles. The lowest BCUT2D eigenvalue weighted by Crippen LogP contribution is -2.49. The quantitative estimate of drug-likeness (QED) is 0.715. The van der Waals surface area contributed by atoms with Gasteiger partial charge in [-0.1, -0.05) is 23.5 Å². The number of rotatable bonds is 5. The second-order valence-electron chi connectivity index (χ2n) is 9.19.